The van der Waals surface area contributed by atoms with Gasteiger partial charge in [0.25, 0.3) is 0 Å². The molecule has 1 N–H and O–H groups in total. The molecule has 2 fully saturated rings. The van der Waals surface area contributed by atoms with E-state index < -0.39 is 0 Å². The summed E-state index contributed by atoms with van der Waals surface area (Å²) in [6, 6.07) is 9.60. The minimum atomic E-state index is 0. The van der Waals surface area contributed by atoms with Crippen molar-refractivity contribution in [2.75, 3.05) is 33.8 Å². The SMILES string of the molecule is CCOC1CCN(C(=NC)NCc2ccccc2CN(C)C2CCCCC2)CC1.I. The standard InChI is InChI=1S/C24H40N4O.HI/c1-4-29-23-14-16-28(17-15-23)24(25-2)26-18-20-10-8-9-11-21(20)19-27(3)22-12-6-5-7-13-22;/h8-11,22-23H,4-7,12-19H2,1-3H3,(H,25,26);1H. The van der Waals surface area contributed by atoms with E-state index in [1.54, 1.807) is 0 Å². The zero-order valence-corrected chi connectivity index (χ0v) is 21.4. The molecule has 1 aromatic carbocycles. The molecular formula is C24H41IN4O. The lowest BCUT2D eigenvalue weighted by atomic mass is 9.94. The van der Waals surface area contributed by atoms with Crippen LogP contribution in [0.3, 0.4) is 0 Å². The van der Waals surface area contributed by atoms with E-state index in [2.05, 4.69) is 58.3 Å². The summed E-state index contributed by atoms with van der Waals surface area (Å²) in [5.74, 6) is 1.01. The van der Waals surface area contributed by atoms with E-state index in [1.165, 1.54) is 43.2 Å². The summed E-state index contributed by atoms with van der Waals surface area (Å²) in [4.78, 5) is 9.47. The van der Waals surface area contributed by atoms with Crippen LogP contribution in [0.2, 0.25) is 0 Å². The predicted octanol–water partition coefficient (Wildman–Crippen LogP) is 4.65. The molecule has 1 heterocycles. The monoisotopic (exact) mass is 528 g/mol. The Hall–Kier alpha value is -0.860. The lowest BCUT2D eigenvalue weighted by molar-refractivity contribution is 0.0263. The summed E-state index contributed by atoms with van der Waals surface area (Å²) < 4.78 is 5.78. The van der Waals surface area contributed by atoms with E-state index in [0.29, 0.717) is 6.10 Å². The Morgan fingerprint density at radius 3 is 2.40 bits per heavy atom. The van der Waals surface area contributed by atoms with Gasteiger partial charge in [-0.15, -0.1) is 24.0 Å². The number of piperidine rings is 1. The minimum absolute atomic E-state index is 0. The van der Waals surface area contributed by atoms with Crippen LogP contribution in [0, 0.1) is 0 Å². The number of benzene rings is 1. The largest absolute Gasteiger partial charge is 0.378 e. The molecule has 1 saturated carbocycles. The number of hydrogen-bond acceptors (Lipinski definition) is 3. The van der Waals surface area contributed by atoms with Crippen molar-refractivity contribution in [3.63, 3.8) is 0 Å². The fraction of sp³-hybridized carbons (Fsp3) is 0.708. The highest BCUT2D eigenvalue weighted by Gasteiger charge is 2.22. The van der Waals surface area contributed by atoms with Gasteiger partial charge in [-0.05, 0) is 50.8 Å². The molecule has 5 nitrogen and oxygen atoms in total. The van der Waals surface area contributed by atoms with Crippen LogP contribution in [-0.4, -0.2) is 61.7 Å². The lowest BCUT2D eigenvalue weighted by Gasteiger charge is -2.34. The number of likely N-dealkylation sites (tertiary alicyclic amines) is 1. The topological polar surface area (TPSA) is 40.1 Å². The smallest absolute Gasteiger partial charge is 0.193 e. The van der Waals surface area contributed by atoms with Gasteiger partial charge in [0, 0.05) is 45.9 Å². The Morgan fingerprint density at radius 2 is 1.77 bits per heavy atom. The van der Waals surface area contributed by atoms with Gasteiger partial charge in [-0.2, -0.15) is 0 Å². The molecule has 1 aliphatic heterocycles. The summed E-state index contributed by atoms with van der Waals surface area (Å²) in [5.41, 5.74) is 2.80. The third kappa shape index (κ3) is 7.38. The summed E-state index contributed by atoms with van der Waals surface area (Å²) in [7, 11) is 4.18. The molecule has 1 saturated heterocycles. The lowest BCUT2D eigenvalue weighted by Crippen LogP contribution is -2.46. The highest BCUT2D eigenvalue weighted by atomic mass is 127. The van der Waals surface area contributed by atoms with Crippen molar-refractivity contribution >= 4 is 29.9 Å². The average molecular weight is 529 g/mol. The van der Waals surface area contributed by atoms with E-state index in [1.807, 2.05) is 7.05 Å². The first-order chi connectivity index (χ1) is 14.2. The average Bonchev–Trinajstić information content (AvgIpc) is 2.77. The van der Waals surface area contributed by atoms with Gasteiger partial charge in [0.15, 0.2) is 5.96 Å². The van der Waals surface area contributed by atoms with Crippen molar-refractivity contribution in [3.8, 4) is 0 Å². The Kier molecular flexibility index (Phi) is 11.5. The molecule has 6 heteroatoms. The molecule has 0 bridgehead atoms. The molecule has 170 valence electrons. The third-order valence-electron chi connectivity index (χ3n) is 6.53. The van der Waals surface area contributed by atoms with Crippen LogP contribution in [-0.2, 0) is 17.8 Å². The highest BCUT2D eigenvalue weighted by Crippen LogP contribution is 2.23. The molecule has 0 atom stereocenters. The minimum Gasteiger partial charge on any atom is -0.378 e. The Bertz CT molecular complexity index is 640. The Morgan fingerprint density at radius 1 is 1.10 bits per heavy atom. The molecular weight excluding hydrogens is 487 g/mol. The molecule has 3 rings (SSSR count). The van der Waals surface area contributed by atoms with Crippen molar-refractivity contribution in [2.45, 2.75) is 77.1 Å². The fourth-order valence-electron chi connectivity index (χ4n) is 4.78. The van der Waals surface area contributed by atoms with Gasteiger partial charge in [0.2, 0.25) is 0 Å². The zero-order valence-electron chi connectivity index (χ0n) is 19.1. The van der Waals surface area contributed by atoms with E-state index in [4.69, 9.17) is 4.74 Å². The molecule has 1 aromatic rings. The van der Waals surface area contributed by atoms with E-state index in [0.717, 1.165) is 57.6 Å². The second-order valence-corrected chi connectivity index (χ2v) is 8.52. The second kappa shape index (κ2) is 13.5. The maximum atomic E-state index is 5.78. The van der Waals surface area contributed by atoms with Crippen LogP contribution in [0.5, 0.6) is 0 Å². The normalized spacial score (nSPS) is 19.1. The number of rotatable bonds is 7. The first-order valence-corrected chi connectivity index (χ1v) is 11.6. The maximum absolute atomic E-state index is 5.78. The number of nitrogens with zero attached hydrogens (tertiary/aromatic N) is 3. The second-order valence-electron chi connectivity index (χ2n) is 8.52. The molecule has 0 spiro atoms. The van der Waals surface area contributed by atoms with E-state index in [-0.39, 0.29) is 24.0 Å². The van der Waals surface area contributed by atoms with Crippen LogP contribution < -0.4 is 5.32 Å². The quantitative estimate of drug-likeness (QED) is 0.318. The fourth-order valence-corrected chi connectivity index (χ4v) is 4.78. The van der Waals surface area contributed by atoms with Crippen LogP contribution >= 0.6 is 24.0 Å². The Balaban J connectivity index is 0.00000320. The third-order valence-corrected chi connectivity index (χ3v) is 6.53. The predicted molar refractivity (Wildman–Crippen MR) is 137 cm³/mol. The van der Waals surface area contributed by atoms with Gasteiger partial charge in [0.1, 0.15) is 0 Å². The van der Waals surface area contributed by atoms with E-state index >= 15 is 0 Å². The van der Waals surface area contributed by atoms with Crippen molar-refractivity contribution in [1.82, 2.24) is 15.1 Å². The summed E-state index contributed by atoms with van der Waals surface area (Å²) in [6.07, 6.45) is 9.44. The molecule has 0 radical (unpaired) electrons. The maximum Gasteiger partial charge on any atom is 0.193 e. The number of nitrogens with one attached hydrogen (secondary N) is 1. The number of halogens is 1. The summed E-state index contributed by atoms with van der Waals surface area (Å²) in [5, 5.41) is 3.61. The van der Waals surface area contributed by atoms with Crippen molar-refractivity contribution in [3.05, 3.63) is 35.4 Å². The van der Waals surface area contributed by atoms with Crippen LogP contribution in [0.15, 0.2) is 29.3 Å². The van der Waals surface area contributed by atoms with Gasteiger partial charge in [-0.25, -0.2) is 0 Å². The van der Waals surface area contributed by atoms with Gasteiger partial charge in [-0.3, -0.25) is 9.89 Å². The van der Waals surface area contributed by atoms with Crippen LogP contribution in [0.1, 0.15) is 63.0 Å². The molecule has 0 amide bonds. The van der Waals surface area contributed by atoms with Gasteiger partial charge < -0.3 is 15.0 Å². The van der Waals surface area contributed by atoms with Crippen molar-refractivity contribution < 1.29 is 4.74 Å². The number of guanidine groups is 1. The van der Waals surface area contributed by atoms with Gasteiger partial charge >= 0.3 is 0 Å². The van der Waals surface area contributed by atoms with Gasteiger partial charge in [0.05, 0.1) is 6.10 Å². The van der Waals surface area contributed by atoms with Gasteiger partial charge in [-0.1, -0.05) is 43.5 Å². The molecule has 0 aromatic heterocycles. The number of aliphatic imine (C=N–C) groups is 1. The molecule has 1 aliphatic carbocycles. The Labute approximate surface area is 200 Å². The zero-order chi connectivity index (χ0) is 20.5. The van der Waals surface area contributed by atoms with Crippen molar-refractivity contribution in [2.24, 2.45) is 4.99 Å². The van der Waals surface area contributed by atoms with Crippen LogP contribution in [0.25, 0.3) is 0 Å². The number of hydrogen-bond donors (Lipinski definition) is 1. The number of ether oxygens (including phenoxy) is 1. The molecule has 0 unspecified atom stereocenters. The van der Waals surface area contributed by atoms with Crippen molar-refractivity contribution in [1.29, 1.82) is 0 Å². The molecule has 2 aliphatic rings. The highest BCUT2D eigenvalue weighted by molar-refractivity contribution is 14.0. The summed E-state index contributed by atoms with van der Waals surface area (Å²) >= 11 is 0. The van der Waals surface area contributed by atoms with E-state index in [9.17, 15) is 0 Å². The van der Waals surface area contributed by atoms with Crippen LogP contribution in [0.4, 0.5) is 0 Å². The summed E-state index contributed by atoms with van der Waals surface area (Å²) in [6.45, 7) is 6.76. The first kappa shape index (κ1) is 25.4. The molecule has 30 heavy (non-hydrogen) atoms. The first-order valence-electron chi connectivity index (χ1n) is 11.6.